The number of carbonyl (C=O) groups excluding carboxylic acids is 2. The monoisotopic (exact) mass is 349 g/mol. The summed E-state index contributed by atoms with van der Waals surface area (Å²) >= 11 is 0. The van der Waals surface area contributed by atoms with Crippen molar-refractivity contribution in [3.8, 4) is 5.75 Å². The predicted octanol–water partition coefficient (Wildman–Crippen LogP) is 3.16. The molecule has 0 saturated carbocycles. The molecule has 1 aliphatic rings. The van der Waals surface area contributed by atoms with E-state index in [-0.39, 0.29) is 18.3 Å². The van der Waals surface area contributed by atoms with Crippen LogP contribution in [0.3, 0.4) is 0 Å². The van der Waals surface area contributed by atoms with Crippen LogP contribution in [0.25, 0.3) is 11.0 Å². The minimum absolute atomic E-state index is 0.141. The van der Waals surface area contributed by atoms with Crippen molar-refractivity contribution in [2.75, 3.05) is 11.4 Å². The lowest BCUT2D eigenvalue weighted by atomic mass is 10.3. The summed E-state index contributed by atoms with van der Waals surface area (Å²) in [6.45, 7) is 1.26. The zero-order valence-electron chi connectivity index (χ0n) is 14.3. The zero-order chi connectivity index (χ0) is 17.9. The minimum atomic E-state index is -0.298. The molecule has 6 nitrogen and oxygen atoms in total. The molecule has 0 atom stereocenters. The molecule has 2 heterocycles. The molecular weight excluding hydrogens is 330 g/mol. The molecule has 1 aromatic heterocycles. The van der Waals surface area contributed by atoms with E-state index in [1.165, 1.54) is 0 Å². The Kier molecular flexibility index (Phi) is 4.39. The van der Waals surface area contributed by atoms with Gasteiger partial charge >= 0.3 is 5.97 Å². The predicted molar refractivity (Wildman–Crippen MR) is 98.0 cm³/mol. The van der Waals surface area contributed by atoms with Crippen LogP contribution >= 0.6 is 0 Å². The summed E-state index contributed by atoms with van der Waals surface area (Å²) in [6, 6.07) is 14.9. The standard InChI is InChI=1S/C20H19N3O3/c24-19-6-3-12-23(19)15-7-9-16(10-8-15)26-20(25)11-13-22-14-21-17-4-1-2-5-18(17)22/h1-2,4-5,7-10,14H,3,6,11-13H2. The second-order valence-electron chi connectivity index (χ2n) is 6.29. The lowest BCUT2D eigenvalue weighted by Gasteiger charge is -2.15. The fraction of sp³-hybridized carbons (Fsp3) is 0.250. The van der Waals surface area contributed by atoms with Gasteiger partial charge in [-0.2, -0.15) is 0 Å². The molecule has 3 aromatic rings. The van der Waals surface area contributed by atoms with Crippen LogP contribution in [-0.2, 0) is 16.1 Å². The number of rotatable bonds is 5. The highest BCUT2D eigenvalue weighted by molar-refractivity contribution is 5.95. The van der Waals surface area contributed by atoms with Crippen LogP contribution in [0.15, 0.2) is 54.9 Å². The van der Waals surface area contributed by atoms with E-state index in [1.54, 1.807) is 23.4 Å². The molecular formula is C20H19N3O3. The van der Waals surface area contributed by atoms with E-state index in [0.29, 0.717) is 18.7 Å². The number of imidazole rings is 1. The maximum absolute atomic E-state index is 12.1. The van der Waals surface area contributed by atoms with Gasteiger partial charge in [0.25, 0.3) is 0 Å². The molecule has 0 unspecified atom stereocenters. The number of hydrogen-bond acceptors (Lipinski definition) is 4. The molecule has 0 N–H and O–H groups in total. The third-order valence-corrected chi connectivity index (χ3v) is 4.54. The smallest absolute Gasteiger partial charge is 0.312 e. The maximum atomic E-state index is 12.1. The number of aryl methyl sites for hydroxylation is 1. The summed E-state index contributed by atoms with van der Waals surface area (Å²) in [5.41, 5.74) is 2.75. The summed E-state index contributed by atoms with van der Waals surface area (Å²) in [6.07, 6.45) is 3.48. The first kappa shape index (κ1) is 16.3. The van der Waals surface area contributed by atoms with Gasteiger partial charge in [0.15, 0.2) is 0 Å². The van der Waals surface area contributed by atoms with E-state index in [1.807, 2.05) is 41.0 Å². The van der Waals surface area contributed by atoms with Gasteiger partial charge in [-0.1, -0.05) is 12.1 Å². The molecule has 1 fully saturated rings. The van der Waals surface area contributed by atoms with Crippen LogP contribution in [0.1, 0.15) is 19.3 Å². The van der Waals surface area contributed by atoms with Gasteiger partial charge in [-0.3, -0.25) is 9.59 Å². The number of carbonyl (C=O) groups is 2. The Morgan fingerprint density at radius 3 is 2.69 bits per heavy atom. The number of nitrogens with zero attached hydrogens (tertiary/aromatic N) is 3. The van der Waals surface area contributed by atoms with Crippen LogP contribution in [0.5, 0.6) is 5.75 Å². The fourth-order valence-corrected chi connectivity index (χ4v) is 3.20. The van der Waals surface area contributed by atoms with Crippen molar-refractivity contribution in [2.45, 2.75) is 25.8 Å². The van der Waals surface area contributed by atoms with Crippen LogP contribution in [0.4, 0.5) is 5.69 Å². The molecule has 132 valence electrons. The van der Waals surface area contributed by atoms with E-state index in [0.717, 1.165) is 29.7 Å². The number of anilines is 1. The van der Waals surface area contributed by atoms with Crippen LogP contribution in [-0.4, -0.2) is 28.0 Å². The SMILES string of the molecule is O=C(CCn1cnc2ccccc21)Oc1ccc(N2CCCC2=O)cc1. The van der Waals surface area contributed by atoms with Gasteiger partial charge in [0.2, 0.25) is 5.91 Å². The van der Waals surface area contributed by atoms with Crippen molar-refractivity contribution in [1.82, 2.24) is 9.55 Å². The van der Waals surface area contributed by atoms with E-state index in [2.05, 4.69) is 4.98 Å². The van der Waals surface area contributed by atoms with Gasteiger partial charge in [-0.05, 0) is 42.8 Å². The highest BCUT2D eigenvalue weighted by atomic mass is 16.5. The van der Waals surface area contributed by atoms with Crippen molar-refractivity contribution >= 4 is 28.6 Å². The van der Waals surface area contributed by atoms with Gasteiger partial charge in [0.1, 0.15) is 5.75 Å². The molecule has 4 rings (SSSR count). The Hall–Kier alpha value is -3.15. The second kappa shape index (κ2) is 7.00. The lowest BCUT2D eigenvalue weighted by Crippen LogP contribution is -2.23. The first-order chi connectivity index (χ1) is 12.7. The van der Waals surface area contributed by atoms with Gasteiger partial charge in [0, 0.05) is 25.2 Å². The molecule has 1 saturated heterocycles. The van der Waals surface area contributed by atoms with E-state index >= 15 is 0 Å². The van der Waals surface area contributed by atoms with E-state index in [9.17, 15) is 9.59 Å². The summed E-state index contributed by atoms with van der Waals surface area (Å²) in [7, 11) is 0. The van der Waals surface area contributed by atoms with E-state index in [4.69, 9.17) is 4.74 Å². The summed E-state index contributed by atoms with van der Waals surface area (Å²) in [4.78, 5) is 30.0. The molecule has 2 aromatic carbocycles. The average molecular weight is 349 g/mol. The maximum Gasteiger partial charge on any atom is 0.312 e. The van der Waals surface area contributed by atoms with Crippen molar-refractivity contribution in [2.24, 2.45) is 0 Å². The first-order valence-electron chi connectivity index (χ1n) is 8.72. The quantitative estimate of drug-likeness (QED) is 0.524. The van der Waals surface area contributed by atoms with E-state index < -0.39 is 0 Å². The van der Waals surface area contributed by atoms with Crippen molar-refractivity contribution in [3.63, 3.8) is 0 Å². The Morgan fingerprint density at radius 2 is 1.92 bits per heavy atom. The third kappa shape index (κ3) is 3.31. The number of esters is 1. The Labute approximate surface area is 151 Å². The highest BCUT2D eigenvalue weighted by Crippen LogP contribution is 2.24. The zero-order valence-corrected chi connectivity index (χ0v) is 14.3. The Balaban J connectivity index is 1.35. The summed E-state index contributed by atoms with van der Waals surface area (Å²) < 4.78 is 7.34. The molecule has 6 heteroatoms. The Bertz CT molecular complexity index is 946. The highest BCUT2D eigenvalue weighted by Gasteiger charge is 2.21. The summed E-state index contributed by atoms with van der Waals surface area (Å²) in [5.74, 6) is 0.330. The van der Waals surface area contributed by atoms with Gasteiger partial charge in [-0.25, -0.2) is 4.98 Å². The van der Waals surface area contributed by atoms with Crippen molar-refractivity contribution in [1.29, 1.82) is 0 Å². The number of ether oxygens (including phenoxy) is 1. The molecule has 0 aliphatic carbocycles. The molecule has 1 amide bonds. The third-order valence-electron chi connectivity index (χ3n) is 4.54. The molecule has 1 aliphatic heterocycles. The van der Waals surface area contributed by atoms with Crippen molar-refractivity contribution in [3.05, 3.63) is 54.9 Å². The topological polar surface area (TPSA) is 64.4 Å². The lowest BCUT2D eigenvalue weighted by molar-refractivity contribution is -0.134. The summed E-state index contributed by atoms with van der Waals surface area (Å²) in [5, 5.41) is 0. The largest absolute Gasteiger partial charge is 0.426 e. The molecule has 0 spiro atoms. The second-order valence-corrected chi connectivity index (χ2v) is 6.29. The van der Waals surface area contributed by atoms with Crippen LogP contribution in [0, 0.1) is 0 Å². The van der Waals surface area contributed by atoms with Crippen molar-refractivity contribution < 1.29 is 14.3 Å². The van der Waals surface area contributed by atoms with Gasteiger partial charge in [0.05, 0.1) is 23.8 Å². The number of para-hydroxylation sites is 2. The number of hydrogen-bond donors (Lipinski definition) is 0. The van der Waals surface area contributed by atoms with Crippen LogP contribution in [0.2, 0.25) is 0 Å². The molecule has 26 heavy (non-hydrogen) atoms. The molecule has 0 bridgehead atoms. The normalized spacial score (nSPS) is 14.2. The minimum Gasteiger partial charge on any atom is -0.426 e. The van der Waals surface area contributed by atoms with Gasteiger partial charge < -0.3 is 14.2 Å². The fourth-order valence-electron chi connectivity index (χ4n) is 3.20. The Morgan fingerprint density at radius 1 is 1.12 bits per heavy atom. The molecule has 0 radical (unpaired) electrons. The van der Waals surface area contributed by atoms with Gasteiger partial charge in [-0.15, -0.1) is 0 Å². The average Bonchev–Trinajstić information content (AvgIpc) is 3.27. The number of benzene rings is 2. The van der Waals surface area contributed by atoms with Crippen LogP contribution < -0.4 is 9.64 Å². The number of aromatic nitrogens is 2. The number of fused-ring (bicyclic) bond motifs is 1. The number of amides is 1. The first-order valence-corrected chi connectivity index (χ1v) is 8.72.